The summed E-state index contributed by atoms with van der Waals surface area (Å²) in [6, 6.07) is 5.87. The van der Waals surface area contributed by atoms with Crippen molar-refractivity contribution in [3.05, 3.63) is 28.8 Å². The maximum atomic E-state index is 12.1. The zero-order chi connectivity index (χ0) is 12.4. The minimum atomic E-state index is 0.0339. The zero-order valence-electron chi connectivity index (χ0n) is 10.1. The Morgan fingerprint density at radius 3 is 2.94 bits per heavy atom. The van der Waals surface area contributed by atoms with E-state index in [2.05, 4.69) is 10.6 Å². The molecule has 0 aromatic heterocycles. The van der Waals surface area contributed by atoms with Gasteiger partial charge in [0.2, 0.25) is 5.91 Å². The van der Waals surface area contributed by atoms with E-state index < -0.39 is 0 Å². The predicted molar refractivity (Wildman–Crippen MR) is 70.4 cm³/mol. The molecule has 1 aromatic carbocycles. The van der Waals surface area contributed by atoms with Crippen LogP contribution in [0, 0.1) is 12.8 Å². The number of hydrogen-bond acceptors (Lipinski definition) is 2. The summed E-state index contributed by atoms with van der Waals surface area (Å²) in [6.45, 7) is 4.92. The van der Waals surface area contributed by atoms with Crippen LogP contribution in [0.15, 0.2) is 18.2 Å². The van der Waals surface area contributed by atoms with E-state index in [1.165, 1.54) is 0 Å². The van der Waals surface area contributed by atoms with E-state index in [-0.39, 0.29) is 17.9 Å². The molecule has 2 unspecified atom stereocenters. The van der Waals surface area contributed by atoms with E-state index in [0.717, 1.165) is 18.5 Å². The second kappa shape index (κ2) is 5.07. The molecule has 0 aliphatic carbocycles. The van der Waals surface area contributed by atoms with Crippen molar-refractivity contribution >= 4 is 23.2 Å². The molecule has 0 spiro atoms. The highest BCUT2D eigenvalue weighted by Gasteiger charge is 2.29. The summed E-state index contributed by atoms with van der Waals surface area (Å²) in [5.74, 6) is 0.0848. The first-order valence-corrected chi connectivity index (χ1v) is 6.26. The number of hydrogen-bond donors (Lipinski definition) is 2. The molecule has 0 saturated carbocycles. The fraction of sp³-hybridized carbons (Fsp3) is 0.462. The third-order valence-electron chi connectivity index (χ3n) is 3.24. The molecule has 2 N–H and O–H groups in total. The van der Waals surface area contributed by atoms with Crippen LogP contribution in [0.4, 0.5) is 5.69 Å². The lowest BCUT2D eigenvalue weighted by Crippen LogP contribution is -2.32. The Labute approximate surface area is 107 Å². The highest BCUT2D eigenvalue weighted by molar-refractivity contribution is 6.33. The second-order valence-electron chi connectivity index (χ2n) is 4.61. The van der Waals surface area contributed by atoms with Gasteiger partial charge in [-0.2, -0.15) is 0 Å². The number of carbonyl (C=O) groups excluding carboxylic acids is 1. The van der Waals surface area contributed by atoms with Crippen LogP contribution in [0.5, 0.6) is 0 Å². The third-order valence-corrected chi connectivity index (χ3v) is 3.57. The van der Waals surface area contributed by atoms with Gasteiger partial charge in [0.05, 0.1) is 16.6 Å². The molecule has 1 saturated heterocycles. The first kappa shape index (κ1) is 12.4. The van der Waals surface area contributed by atoms with E-state index >= 15 is 0 Å². The first-order chi connectivity index (χ1) is 8.08. The Morgan fingerprint density at radius 2 is 2.29 bits per heavy atom. The molecule has 2 rings (SSSR count). The van der Waals surface area contributed by atoms with E-state index in [0.29, 0.717) is 10.7 Å². The normalized spacial score (nSPS) is 23.7. The average molecular weight is 253 g/mol. The molecule has 92 valence electrons. The van der Waals surface area contributed by atoms with Gasteiger partial charge < -0.3 is 10.6 Å². The summed E-state index contributed by atoms with van der Waals surface area (Å²) in [5.41, 5.74) is 1.79. The number of aryl methyl sites for hydroxylation is 1. The number of amides is 1. The van der Waals surface area contributed by atoms with Crippen LogP contribution in [-0.4, -0.2) is 18.5 Å². The maximum Gasteiger partial charge on any atom is 0.229 e. The van der Waals surface area contributed by atoms with Gasteiger partial charge in [0.25, 0.3) is 0 Å². The Morgan fingerprint density at radius 1 is 1.53 bits per heavy atom. The Bertz CT molecular complexity index is 433. The van der Waals surface area contributed by atoms with Crippen molar-refractivity contribution in [2.45, 2.75) is 26.3 Å². The zero-order valence-corrected chi connectivity index (χ0v) is 10.8. The number of nitrogens with one attached hydrogen (secondary N) is 2. The fourth-order valence-corrected chi connectivity index (χ4v) is 2.34. The smallest absolute Gasteiger partial charge is 0.229 e. The number of rotatable bonds is 2. The molecule has 0 radical (unpaired) electrons. The quantitative estimate of drug-likeness (QED) is 0.850. The van der Waals surface area contributed by atoms with E-state index in [1.54, 1.807) is 0 Å². The highest BCUT2D eigenvalue weighted by atomic mass is 35.5. The SMILES string of the molecule is Cc1ccc(Cl)c(NC(=O)C2CCNC2C)c1. The molecular weight excluding hydrogens is 236 g/mol. The molecule has 1 heterocycles. The number of carbonyl (C=O) groups is 1. The van der Waals surface area contributed by atoms with Crippen LogP contribution in [0.1, 0.15) is 18.9 Å². The fourth-order valence-electron chi connectivity index (χ4n) is 2.18. The molecule has 1 aliphatic rings. The molecule has 3 nitrogen and oxygen atoms in total. The van der Waals surface area contributed by atoms with Crippen molar-refractivity contribution in [2.75, 3.05) is 11.9 Å². The second-order valence-corrected chi connectivity index (χ2v) is 5.02. The molecule has 17 heavy (non-hydrogen) atoms. The number of anilines is 1. The summed E-state index contributed by atoms with van der Waals surface area (Å²) in [7, 11) is 0. The Balaban J connectivity index is 2.10. The van der Waals surface area contributed by atoms with E-state index in [1.807, 2.05) is 32.0 Å². The lowest BCUT2D eigenvalue weighted by molar-refractivity contribution is -0.119. The van der Waals surface area contributed by atoms with Crippen molar-refractivity contribution in [3.8, 4) is 0 Å². The average Bonchev–Trinajstić information content (AvgIpc) is 2.70. The van der Waals surface area contributed by atoms with Gasteiger partial charge in [-0.1, -0.05) is 17.7 Å². The van der Waals surface area contributed by atoms with Crippen LogP contribution in [-0.2, 0) is 4.79 Å². The van der Waals surface area contributed by atoms with Gasteiger partial charge in [-0.05, 0) is 44.5 Å². The van der Waals surface area contributed by atoms with E-state index in [4.69, 9.17) is 11.6 Å². The predicted octanol–water partition coefficient (Wildman–Crippen LogP) is 2.58. The molecule has 1 fully saturated rings. The lowest BCUT2D eigenvalue weighted by Gasteiger charge is -2.15. The number of benzene rings is 1. The summed E-state index contributed by atoms with van der Waals surface area (Å²) in [4.78, 5) is 12.1. The summed E-state index contributed by atoms with van der Waals surface area (Å²) in [6.07, 6.45) is 0.885. The molecular formula is C13H17ClN2O. The molecule has 2 atom stereocenters. The van der Waals surface area contributed by atoms with Gasteiger partial charge in [0, 0.05) is 6.04 Å². The highest BCUT2D eigenvalue weighted by Crippen LogP contribution is 2.25. The van der Waals surface area contributed by atoms with Crippen LogP contribution in [0.25, 0.3) is 0 Å². The molecule has 1 aromatic rings. The minimum Gasteiger partial charge on any atom is -0.324 e. The van der Waals surface area contributed by atoms with Crippen molar-refractivity contribution < 1.29 is 4.79 Å². The van der Waals surface area contributed by atoms with Crippen LogP contribution >= 0.6 is 11.6 Å². The van der Waals surface area contributed by atoms with Gasteiger partial charge in [-0.25, -0.2) is 0 Å². The van der Waals surface area contributed by atoms with Gasteiger partial charge in [0.1, 0.15) is 0 Å². The largest absolute Gasteiger partial charge is 0.324 e. The molecule has 4 heteroatoms. The van der Waals surface area contributed by atoms with Crippen molar-refractivity contribution in [1.82, 2.24) is 5.32 Å². The van der Waals surface area contributed by atoms with E-state index in [9.17, 15) is 4.79 Å². The van der Waals surface area contributed by atoms with Crippen molar-refractivity contribution in [3.63, 3.8) is 0 Å². The molecule has 1 amide bonds. The van der Waals surface area contributed by atoms with Gasteiger partial charge in [0.15, 0.2) is 0 Å². The summed E-state index contributed by atoms with van der Waals surface area (Å²) >= 11 is 6.05. The van der Waals surface area contributed by atoms with Gasteiger partial charge >= 0.3 is 0 Å². The molecule has 0 bridgehead atoms. The van der Waals surface area contributed by atoms with Crippen molar-refractivity contribution in [1.29, 1.82) is 0 Å². The van der Waals surface area contributed by atoms with Crippen molar-refractivity contribution in [2.24, 2.45) is 5.92 Å². The van der Waals surface area contributed by atoms with Crippen LogP contribution < -0.4 is 10.6 Å². The topological polar surface area (TPSA) is 41.1 Å². The summed E-state index contributed by atoms with van der Waals surface area (Å²) < 4.78 is 0. The number of halogens is 1. The maximum absolute atomic E-state index is 12.1. The summed E-state index contributed by atoms with van der Waals surface area (Å²) in [5, 5.41) is 6.77. The van der Waals surface area contributed by atoms with Gasteiger partial charge in [-0.15, -0.1) is 0 Å². The monoisotopic (exact) mass is 252 g/mol. The van der Waals surface area contributed by atoms with Crippen LogP contribution in [0.3, 0.4) is 0 Å². The van der Waals surface area contributed by atoms with Crippen LogP contribution in [0.2, 0.25) is 5.02 Å². The Hall–Kier alpha value is -1.06. The van der Waals surface area contributed by atoms with Gasteiger partial charge in [-0.3, -0.25) is 4.79 Å². The first-order valence-electron chi connectivity index (χ1n) is 5.88. The minimum absolute atomic E-state index is 0.0339. The Kier molecular flexibility index (Phi) is 3.69. The lowest BCUT2D eigenvalue weighted by atomic mass is 10.0. The standard InChI is InChI=1S/C13H17ClN2O/c1-8-3-4-11(14)12(7-8)16-13(17)10-5-6-15-9(10)2/h3-4,7,9-10,15H,5-6H2,1-2H3,(H,16,17). The third kappa shape index (κ3) is 2.79. The molecule has 1 aliphatic heterocycles.